The number of allylic oxidation sites excluding steroid dienone is 3. The third-order valence-electron chi connectivity index (χ3n) is 5.72. The summed E-state index contributed by atoms with van der Waals surface area (Å²) in [6.07, 6.45) is 4.08. The molecule has 156 valence electrons. The summed E-state index contributed by atoms with van der Waals surface area (Å²) < 4.78 is 3.51. The number of anilines is 1. The molecule has 5 rings (SSSR count). The summed E-state index contributed by atoms with van der Waals surface area (Å²) in [6, 6.07) is 16.8. The standard InChI is InChI=1S/C25H23N3OS2/c1-4-27-18-10-6-8-12-20(18)30-22(27)14-16-24(26-3)17(25(16)29)15-23-28(5-2)19-11-7-9-13-21(19)31-23/h6-15H,4-5H2,1-3H3/p+1. The highest BCUT2D eigenvalue weighted by Crippen LogP contribution is 2.47. The van der Waals surface area contributed by atoms with Gasteiger partial charge in [-0.25, -0.2) is 0 Å². The fraction of sp³-hybridized carbons (Fsp3) is 0.200. The van der Waals surface area contributed by atoms with Crippen LogP contribution in [-0.2, 0) is 11.3 Å². The molecule has 0 saturated carbocycles. The molecule has 0 saturated heterocycles. The minimum atomic E-state index is 0.101. The second-order valence-electron chi connectivity index (χ2n) is 7.37. The number of nitrogens with zero attached hydrogens (tertiary/aromatic N) is 2. The largest absolute Gasteiger partial charge is 0.387 e. The molecule has 6 heteroatoms. The normalized spacial score (nSPS) is 18.3. The number of hydrogen-bond donors (Lipinski definition) is 1. The van der Waals surface area contributed by atoms with Crippen molar-refractivity contribution in [1.82, 2.24) is 5.32 Å². The van der Waals surface area contributed by atoms with Crippen LogP contribution in [0.5, 0.6) is 0 Å². The van der Waals surface area contributed by atoms with E-state index in [1.54, 1.807) is 23.1 Å². The van der Waals surface area contributed by atoms with E-state index in [9.17, 15) is 4.79 Å². The smallest absolute Gasteiger partial charge is 0.263 e. The number of aryl methyl sites for hydroxylation is 1. The van der Waals surface area contributed by atoms with Crippen LogP contribution in [0.4, 0.5) is 5.69 Å². The minimum Gasteiger partial charge on any atom is -0.387 e. The van der Waals surface area contributed by atoms with E-state index < -0.39 is 0 Å². The second-order valence-corrected chi connectivity index (χ2v) is 9.50. The van der Waals surface area contributed by atoms with Crippen molar-refractivity contribution in [3.63, 3.8) is 0 Å². The van der Waals surface area contributed by atoms with Crippen LogP contribution in [0, 0.1) is 0 Å². The van der Waals surface area contributed by atoms with Crippen LogP contribution in [-0.4, -0.2) is 19.4 Å². The number of hydrogen-bond acceptors (Lipinski definition) is 5. The highest BCUT2D eigenvalue weighted by Gasteiger charge is 2.35. The zero-order valence-corrected chi connectivity index (χ0v) is 19.4. The van der Waals surface area contributed by atoms with Gasteiger partial charge in [-0.3, -0.25) is 4.79 Å². The van der Waals surface area contributed by atoms with Gasteiger partial charge in [-0.2, -0.15) is 4.57 Å². The molecule has 1 N–H and O–H groups in total. The van der Waals surface area contributed by atoms with Crippen LogP contribution >= 0.6 is 23.1 Å². The Morgan fingerprint density at radius 1 is 1.06 bits per heavy atom. The summed E-state index contributed by atoms with van der Waals surface area (Å²) >= 11 is 3.45. The van der Waals surface area contributed by atoms with Crippen molar-refractivity contribution in [1.29, 1.82) is 0 Å². The van der Waals surface area contributed by atoms with E-state index in [-0.39, 0.29) is 5.78 Å². The molecule has 0 unspecified atom stereocenters. The Morgan fingerprint density at radius 2 is 1.84 bits per heavy atom. The zero-order valence-electron chi connectivity index (χ0n) is 17.8. The summed E-state index contributed by atoms with van der Waals surface area (Å²) in [7, 11) is 1.89. The Labute approximate surface area is 190 Å². The molecule has 1 aromatic heterocycles. The van der Waals surface area contributed by atoms with E-state index >= 15 is 0 Å². The Bertz CT molecular complexity index is 1300. The van der Waals surface area contributed by atoms with Gasteiger partial charge in [0.25, 0.3) is 5.01 Å². The Morgan fingerprint density at radius 3 is 2.61 bits per heavy atom. The van der Waals surface area contributed by atoms with Crippen LogP contribution in [0.15, 0.2) is 81.4 Å². The van der Waals surface area contributed by atoms with Gasteiger partial charge in [0, 0.05) is 36.2 Å². The van der Waals surface area contributed by atoms with Crippen LogP contribution < -0.4 is 14.8 Å². The number of benzene rings is 2. The van der Waals surface area contributed by atoms with Crippen molar-refractivity contribution in [2.24, 2.45) is 0 Å². The van der Waals surface area contributed by atoms with Crippen molar-refractivity contribution in [3.05, 3.63) is 81.5 Å². The minimum absolute atomic E-state index is 0.101. The summed E-state index contributed by atoms with van der Waals surface area (Å²) in [4.78, 5) is 16.7. The molecule has 0 atom stereocenters. The average Bonchev–Trinajstić information content (AvgIpc) is 3.34. The number of ketones is 1. The van der Waals surface area contributed by atoms with Crippen molar-refractivity contribution in [2.75, 3.05) is 18.5 Å². The number of carbonyl (C=O) groups excluding carboxylic acids is 1. The lowest BCUT2D eigenvalue weighted by atomic mass is 9.86. The van der Waals surface area contributed by atoms with E-state index in [4.69, 9.17) is 0 Å². The third kappa shape index (κ3) is 3.22. The van der Waals surface area contributed by atoms with E-state index in [1.807, 2.05) is 19.2 Å². The summed E-state index contributed by atoms with van der Waals surface area (Å²) in [6.45, 7) is 6.02. The van der Waals surface area contributed by atoms with E-state index in [2.05, 4.69) is 77.2 Å². The first-order chi connectivity index (χ1) is 15.2. The van der Waals surface area contributed by atoms with Crippen LogP contribution in [0.2, 0.25) is 0 Å². The number of nitrogens with one attached hydrogen (secondary N) is 1. The first kappa shape index (κ1) is 20.1. The summed E-state index contributed by atoms with van der Waals surface area (Å²) in [5.74, 6) is 0.101. The van der Waals surface area contributed by atoms with Gasteiger partial charge in [-0.15, -0.1) is 0 Å². The van der Waals surface area contributed by atoms with Gasteiger partial charge >= 0.3 is 0 Å². The maximum absolute atomic E-state index is 13.2. The molecule has 31 heavy (non-hydrogen) atoms. The van der Waals surface area contributed by atoms with E-state index in [1.165, 1.54) is 20.8 Å². The predicted molar refractivity (Wildman–Crippen MR) is 130 cm³/mol. The van der Waals surface area contributed by atoms with Crippen molar-refractivity contribution in [2.45, 2.75) is 25.3 Å². The van der Waals surface area contributed by atoms with Gasteiger partial charge in [-0.1, -0.05) is 47.4 Å². The molecule has 2 heterocycles. The maximum atomic E-state index is 13.2. The SMILES string of the molecule is CCN1/C(=C/C2=C(NC)C(=C/c3sc4ccccc4[n+]3CC)/C2=O)Sc2ccccc21. The molecular weight excluding hydrogens is 422 g/mol. The third-order valence-corrected chi connectivity index (χ3v) is 7.94. The number of thioether (sulfide) groups is 1. The number of fused-ring (bicyclic) bond motifs is 2. The molecule has 3 aromatic rings. The molecule has 0 radical (unpaired) electrons. The molecule has 0 spiro atoms. The van der Waals surface area contributed by atoms with Crippen molar-refractivity contribution in [3.8, 4) is 0 Å². The lowest BCUT2D eigenvalue weighted by molar-refractivity contribution is -0.665. The Hall–Kier alpha value is -2.83. The van der Waals surface area contributed by atoms with Crippen molar-refractivity contribution >= 4 is 50.9 Å². The molecule has 0 bridgehead atoms. The number of aromatic nitrogens is 1. The van der Waals surface area contributed by atoms with Gasteiger partial charge in [0.1, 0.15) is 11.2 Å². The van der Waals surface area contributed by atoms with Gasteiger partial charge in [0.2, 0.25) is 5.52 Å². The maximum Gasteiger partial charge on any atom is 0.263 e. The van der Waals surface area contributed by atoms with Crippen LogP contribution in [0.1, 0.15) is 18.9 Å². The summed E-state index contributed by atoms with van der Waals surface area (Å²) in [5.41, 5.74) is 4.86. The molecular formula is C25H24N3OS2+. The predicted octanol–water partition coefficient (Wildman–Crippen LogP) is 5.12. The Balaban J connectivity index is 1.54. The number of Topliss-reactive ketones (excluding diaryl/α,β-unsaturated/α-hetero) is 1. The number of likely N-dealkylation sites (N-methyl/N-ethyl adjacent to an activating group) is 1. The highest BCUT2D eigenvalue weighted by atomic mass is 32.2. The average molecular weight is 447 g/mol. The lowest BCUT2D eigenvalue weighted by Gasteiger charge is -2.25. The molecule has 0 amide bonds. The highest BCUT2D eigenvalue weighted by molar-refractivity contribution is 8.03. The molecule has 1 aliphatic carbocycles. The van der Waals surface area contributed by atoms with Gasteiger partial charge in [0.05, 0.1) is 22.0 Å². The van der Waals surface area contributed by atoms with Gasteiger partial charge in [-0.05, 0) is 38.1 Å². The Kier molecular flexibility index (Phi) is 5.20. The van der Waals surface area contributed by atoms with Crippen molar-refractivity contribution < 1.29 is 9.36 Å². The number of para-hydroxylation sites is 2. The number of thiazole rings is 1. The molecule has 1 aliphatic heterocycles. The van der Waals surface area contributed by atoms with Gasteiger partial charge < -0.3 is 10.2 Å². The quantitative estimate of drug-likeness (QED) is 0.436. The molecule has 0 fully saturated rings. The van der Waals surface area contributed by atoms with Gasteiger partial charge in [0.15, 0.2) is 5.78 Å². The fourth-order valence-electron chi connectivity index (χ4n) is 4.22. The summed E-state index contributed by atoms with van der Waals surface area (Å²) in [5, 5.41) is 5.47. The number of carbonyl (C=O) groups is 1. The molecule has 2 aromatic carbocycles. The van der Waals surface area contributed by atoms with E-state index in [0.29, 0.717) is 0 Å². The first-order valence-electron chi connectivity index (χ1n) is 10.5. The molecule has 2 aliphatic rings. The fourth-order valence-corrected chi connectivity index (χ4v) is 6.56. The van der Waals surface area contributed by atoms with E-state index in [0.717, 1.165) is 40.0 Å². The first-order valence-corrected chi connectivity index (χ1v) is 12.2. The van der Waals surface area contributed by atoms with Crippen LogP contribution in [0.3, 0.4) is 0 Å². The monoisotopic (exact) mass is 446 g/mol. The topological polar surface area (TPSA) is 36.2 Å². The second kappa shape index (κ2) is 8.02. The molecule has 4 nitrogen and oxygen atoms in total. The van der Waals surface area contributed by atoms with Crippen LogP contribution in [0.25, 0.3) is 16.3 Å². The zero-order chi connectivity index (χ0) is 21.5. The lowest BCUT2D eigenvalue weighted by Crippen LogP contribution is -2.35. The number of rotatable bonds is 5.